The van der Waals surface area contributed by atoms with E-state index in [1.165, 1.54) is 6.92 Å². The minimum absolute atomic E-state index is 0.00438. The number of hydrogen-bond acceptors (Lipinski definition) is 8. The van der Waals surface area contributed by atoms with Gasteiger partial charge in [0.25, 0.3) is 0 Å². The molecular formula is C24H25NO7. The van der Waals surface area contributed by atoms with E-state index in [1.54, 1.807) is 24.3 Å². The van der Waals surface area contributed by atoms with Crippen LogP contribution in [0.5, 0.6) is 0 Å². The van der Waals surface area contributed by atoms with Gasteiger partial charge in [-0.3, -0.25) is 9.59 Å². The van der Waals surface area contributed by atoms with Crippen molar-refractivity contribution in [1.29, 1.82) is 0 Å². The Morgan fingerprint density at radius 2 is 1.72 bits per heavy atom. The zero-order chi connectivity index (χ0) is 23.0. The van der Waals surface area contributed by atoms with Crippen molar-refractivity contribution in [2.75, 3.05) is 14.2 Å². The van der Waals surface area contributed by atoms with Crippen LogP contribution in [0.4, 0.5) is 0 Å². The Bertz CT molecular complexity index is 1300. The number of ketones is 1. The quantitative estimate of drug-likeness (QED) is 0.416. The number of methoxy groups -OCH3 is 2. The first-order valence-corrected chi connectivity index (χ1v) is 10.6. The van der Waals surface area contributed by atoms with E-state index in [1.807, 2.05) is 0 Å². The Morgan fingerprint density at radius 3 is 2.34 bits per heavy atom. The van der Waals surface area contributed by atoms with E-state index in [0.717, 1.165) is 46.3 Å². The molecule has 0 amide bonds. The van der Waals surface area contributed by atoms with Crippen molar-refractivity contribution in [3.05, 3.63) is 45.1 Å². The molecule has 2 aliphatic rings. The molecule has 4 rings (SSSR count). The fraction of sp³-hybridized carbons (Fsp3) is 0.417. The molecule has 8 nitrogen and oxygen atoms in total. The molecule has 0 spiro atoms. The highest BCUT2D eigenvalue weighted by Crippen LogP contribution is 2.41. The summed E-state index contributed by atoms with van der Waals surface area (Å²) >= 11 is 0. The Labute approximate surface area is 183 Å². The monoisotopic (exact) mass is 439 g/mol. The van der Waals surface area contributed by atoms with Gasteiger partial charge in [0.1, 0.15) is 5.58 Å². The summed E-state index contributed by atoms with van der Waals surface area (Å²) in [5.74, 6) is -2.49. The SMILES string of the molecule is COC(=O)C1=c2c(c(=O)oc3ccccc23)=C(NC2CCCCC2)C1(C(C)=O)C(=O)OC. The molecule has 1 aromatic carbocycles. The maximum Gasteiger partial charge on any atom is 0.346 e. The molecule has 1 heterocycles. The average Bonchev–Trinajstić information content (AvgIpc) is 3.11. The Morgan fingerprint density at radius 1 is 1.03 bits per heavy atom. The lowest BCUT2D eigenvalue weighted by Crippen LogP contribution is -2.50. The predicted octanol–water partition coefficient (Wildman–Crippen LogP) is 0.909. The second kappa shape index (κ2) is 8.26. The lowest BCUT2D eigenvalue weighted by molar-refractivity contribution is -0.152. The van der Waals surface area contributed by atoms with Crippen molar-refractivity contribution in [2.45, 2.75) is 45.1 Å². The summed E-state index contributed by atoms with van der Waals surface area (Å²) in [5.41, 5.74) is -2.85. The number of esters is 2. The highest BCUT2D eigenvalue weighted by molar-refractivity contribution is 6.33. The summed E-state index contributed by atoms with van der Waals surface area (Å²) in [6.45, 7) is 1.21. The first-order chi connectivity index (χ1) is 15.4. The summed E-state index contributed by atoms with van der Waals surface area (Å²) in [4.78, 5) is 52.9. The fourth-order valence-corrected chi connectivity index (χ4v) is 4.98. The number of ether oxygens (including phenoxy) is 2. The zero-order valence-electron chi connectivity index (χ0n) is 18.3. The first kappa shape index (κ1) is 21.8. The van der Waals surface area contributed by atoms with Crippen molar-refractivity contribution in [3.63, 3.8) is 0 Å². The van der Waals surface area contributed by atoms with Crippen molar-refractivity contribution >= 4 is 40.0 Å². The molecule has 1 saturated carbocycles. The van der Waals surface area contributed by atoms with Crippen LogP contribution >= 0.6 is 0 Å². The number of para-hydroxylation sites is 1. The fourth-order valence-electron chi connectivity index (χ4n) is 4.98. The maximum absolute atomic E-state index is 13.3. The summed E-state index contributed by atoms with van der Waals surface area (Å²) < 4.78 is 15.6. The molecule has 0 aliphatic heterocycles. The molecule has 1 atom stereocenters. The smallest absolute Gasteiger partial charge is 0.346 e. The number of benzene rings is 1. The van der Waals surface area contributed by atoms with Crippen molar-refractivity contribution in [3.8, 4) is 0 Å². The molecule has 1 N–H and O–H groups in total. The summed E-state index contributed by atoms with van der Waals surface area (Å²) in [7, 11) is 2.31. The topological polar surface area (TPSA) is 112 Å². The number of hydrogen-bond donors (Lipinski definition) is 1. The van der Waals surface area contributed by atoms with Gasteiger partial charge in [0.05, 0.1) is 30.7 Å². The van der Waals surface area contributed by atoms with Crippen LogP contribution in [-0.2, 0) is 23.9 Å². The average molecular weight is 439 g/mol. The number of Topliss-reactive ketones (excluding diaryl/α,β-unsaturated/α-hetero) is 1. The largest absolute Gasteiger partial charge is 0.468 e. The Balaban J connectivity index is 2.23. The van der Waals surface area contributed by atoms with E-state index in [4.69, 9.17) is 13.9 Å². The normalized spacial score (nSPS) is 20.7. The van der Waals surface area contributed by atoms with E-state index in [0.29, 0.717) is 5.39 Å². The number of rotatable bonds is 5. The number of carbonyl (C=O) groups is 3. The van der Waals surface area contributed by atoms with Crippen molar-refractivity contribution in [2.24, 2.45) is 5.41 Å². The van der Waals surface area contributed by atoms with Crippen LogP contribution in [0.1, 0.15) is 39.0 Å². The van der Waals surface area contributed by atoms with Crippen LogP contribution in [-0.4, -0.2) is 38.0 Å². The third kappa shape index (κ3) is 3.04. The van der Waals surface area contributed by atoms with Gasteiger partial charge in [-0.25, -0.2) is 9.59 Å². The van der Waals surface area contributed by atoms with Crippen LogP contribution in [0.15, 0.2) is 33.5 Å². The Kier molecular flexibility index (Phi) is 5.62. The number of carbonyl (C=O) groups excluding carboxylic acids is 3. The molecule has 2 aromatic rings. The molecule has 0 bridgehead atoms. The number of fused-ring (bicyclic) bond motifs is 3. The lowest BCUT2D eigenvalue weighted by atomic mass is 9.75. The van der Waals surface area contributed by atoms with Crippen molar-refractivity contribution in [1.82, 2.24) is 5.32 Å². The van der Waals surface area contributed by atoms with Gasteiger partial charge in [-0.15, -0.1) is 0 Å². The molecule has 1 unspecified atom stereocenters. The third-order valence-corrected chi connectivity index (χ3v) is 6.43. The second-order valence-electron chi connectivity index (χ2n) is 8.15. The molecular weight excluding hydrogens is 414 g/mol. The van der Waals surface area contributed by atoms with E-state index in [2.05, 4.69) is 5.32 Å². The third-order valence-electron chi connectivity index (χ3n) is 6.43. The summed E-state index contributed by atoms with van der Waals surface area (Å²) in [5, 5.41) is 3.88. The molecule has 0 radical (unpaired) electrons. The molecule has 8 heteroatoms. The van der Waals surface area contributed by atoms with Gasteiger partial charge in [0.2, 0.25) is 0 Å². The Hall–Kier alpha value is -3.42. The van der Waals surface area contributed by atoms with Gasteiger partial charge < -0.3 is 19.2 Å². The minimum Gasteiger partial charge on any atom is -0.468 e. The summed E-state index contributed by atoms with van der Waals surface area (Å²) in [6, 6.07) is 6.60. The van der Waals surface area contributed by atoms with Gasteiger partial charge in [0.15, 0.2) is 11.2 Å². The van der Waals surface area contributed by atoms with Gasteiger partial charge in [0, 0.05) is 16.6 Å². The van der Waals surface area contributed by atoms with E-state index >= 15 is 0 Å². The molecule has 168 valence electrons. The first-order valence-electron chi connectivity index (χ1n) is 10.6. The standard InChI is InChI=1S/C24H25NO7/c1-13(26)24(23(29)31-3)19(22(28)30-2)17-15-11-7-8-12-16(15)32-21(27)18(17)20(24)25-14-9-5-4-6-10-14/h7-8,11-12,14,25H,4-6,9-10H2,1-3H3. The van der Waals surface area contributed by atoms with E-state index < -0.39 is 28.8 Å². The molecule has 2 aliphatic carbocycles. The molecule has 32 heavy (non-hydrogen) atoms. The highest BCUT2D eigenvalue weighted by atomic mass is 16.5. The minimum atomic E-state index is -2.15. The molecule has 0 saturated heterocycles. The highest BCUT2D eigenvalue weighted by Gasteiger charge is 2.58. The predicted molar refractivity (Wildman–Crippen MR) is 116 cm³/mol. The van der Waals surface area contributed by atoms with Crippen LogP contribution in [0.3, 0.4) is 0 Å². The van der Waals surface area contributed by atoms with Gasteiger partial charge in [-0.1, -0.05) is 37.5 Å². The van der Waals surface area contributed by atoms with Crippen LogP contribution in [0, 0.1) is 5.41 Å². The van der Waals surface area contributed by atoms with Crippen LogP contribution in [0.25, 0.3) is 22.2 Å². The van der Waals surface area contributed by atoms with Gasteiger partial charge >= 0.3 is 17.6 Å². The van der Waals surface area contributed by atoms with Gasteiger partial charge in [-0.05, 0) is 25.8 Å². The molecule has 1 fully saturated rings. The number of nitrogens with one attached hydrogen (secondary N) is 1. The second-order valence-corrected chi connectivity index (χ2v) is 8.15. The van der Waals surface area contributed by atoms with Crippen LogP contribution in [0.2, 0.25) is 0 Å². The zero-order valence-corrected chi connectivity index (χ0v) is 18.3. The van der Waals surface area contributed by atoms with E-state index in [9.17, 15) is 19.2 Å². The van der Waals surface area contributed by atoms with Gasteiger partial charge in [-0.2, -0.15) is 0 Å². The summed E-state index contributed by atoms with van der Waals surface area (Å²) in [6.07, 6.45) is 4.65. The maximum atomic E-state index is 13.3. The molecule has 1 aromatic heterocycles. The van der Waals surface area contributed by atoms with E-state index in [-0.39, 0.29) is 33.3 Å². The van der Waals surface area contributed by atoms with Crippen LogP contribution < -0.4 is 21.4 Å². The lowest BCUT2D eigenvalue weighted by Gasteiger charge is -2.33. The van der Waals surface area contributed by atoms with Crippen molar-refractivity contribution < 1.29 is 28.3 Å².